The number of benzene rings is 2. The highest BCUT2D eigenvalue weighted by molar-refractivity contribution is 6.04. The van der Waals surface area contributed by atoms with Crippen LogP contribution in [-0.4, -0.2) is 30.5 Å². The molecule has 2 heterocycles. The van der Waals surface area contributed by atoms with E-state index < -0.39 is 5.92 Å². The van der Waals surface area contributed by atoms with Crippen LogP contribution in [0.15, 0.2) is 53.3 Å². The lowest BCUT2D eigenvalue weighted by atomic mass is 10.1. The van der Waals surface area contributed by atoms with Gasteiger partial charge in [-0.2, -0.15) is 0 Å². The van der Waals surface area contributed by atoms with E-state index in [1.807, 2.05) is 37.3 Å². The maximum absolute atomic E-state index is 12.8. The lowest BCUT2D eigenvalue weighted by molar-refractivity contribution is -0.122. The molecule has 0 spiro atoms. The van der Waals surface area contributed by atoms with E-state index in [2.05, 4.69) is 10.3 Å². The number of ether oxygens (including phenoxy) is 1. The normalized spacial score (nSPS) is 16.1. The molecule has 7 heteroatoms. The standard InChI is InChI=1S/C23H23N3O4/c1-3-14-9-21(27)25-20-11-16(7-8-19(14)20)24-23(29)15-10-22(28)26(13-15)17-5-4-6-18(12-17)30-2/h4-9,11-12,15H,3,10,13H2,1-2H3,(H,24,29)(H,25,27). The van der Waals surface area contributed by atoms with Crippen LogP contribution < -0.4 is 20.5 Å². The number of aromatic nitrogens is 1. The lowest BCUT2D eigenvalue weighted by Gasteiger charge is -2.17. The predicted molar refractivity (Wildman–Crippen MR) is 116 cm³/mol. The highest BCUT2D eigenvalue weighted by atomic mass is 16.5. The molecule has 7 nitrogen and oxygen atoms in total. The van der Waals surface area contributed by atoms with Crippen molar-refractivity contribution in [3.8, 4) is 5.75 Å². The Hall–Kier alpha value is -3.61. The maximum atomic E-state index is 12.8. The van der Waals surface area contributed by atoms with Crippen molar-refractivity contribution in [2.75, 3.05) is 23.9 Å². The van der Waals surface area contributed by atoms with Gasteiger partial charge in [0.15, 0.2) is 0 Å². The van der Waals surface area contributed by atoms with Crippen LogP contribution in [-0.2, 0) is 16.0 Å². The number of nitrogens with zero attached hydrogens (tertiary/aromatic N) is 1. The fourth-order valence-corrected chi connectivity index (χ4v) is 3.86. The quantitative estimate of drug-likeness (QED) is 0.682. The largest absolute Gasteiger partial charge is 0.497 e. The number of H-pyrrole nitrogens is 1. The van der Waals surface area contributed by atoms with E-state index >= 15 is 0 Å². The zero-order valence-electron chi connectivity index (χ0n) is 16.9. The molecule has 1 aliphatic heterocycles. The van der Waals surface area contributed by atoms with Gasteiger partial charge in [0.2, 0.25) is 17.4 Å². The summed E-state index contributed by atoms with van der Waals surface area (Å²) < 4.78 is 5.22. The minimum Gasteiger partial charge on any atom is -0.497 e. The van der Waals surface area contributed by atoms with Crippen molar-refractivity contribution >= 4 is 34.1 Å². The molecule has 2 amide bonds. The Morgan fingerprint density at radius 3 is 2.80 bits per heavy atom. The fraction of sp³-hybridized carbons (Fsp3) is 0.261. The smallest absolute Gasteiger partial charge is 0.248 e. The summed E-state index contributed by atoms with van der Waals surface area (Å²) in [6, 6.07) is 14.3. The molecule has 1 unspecified atom stereocenters. The first-order chi connectivity index (χ1) is 14.5. The third-order valence-electron chi connectivity index (χ3n) is 5.44. The van der Waals surface area contributed by atoms with Gasteiger partial charge in [-0.15, -0.1) is 0 Å². The number of nitrogens with one attached hydrogen (secondary N) is 2. The molecule has 1 aliphatic rings. The van der Waals surface area contributed by atoms with E-state index in [4.69, 9.17) is 4.74 Å². The number of hydrogen-bond acceptors (Lipinski definition) is 4. The summed E-state index contributed by atoms with van der Waals surface area (Å²) in [5.41, 5.74) is 2.77. The first kappa shape index (κ1) is 19.7. The second-order valence-electron chi connectivity index (χ2n) is 7.37. The van der Waals surface area contributed by atoms with Gasteiger partial charge in [0.1, 0.15) is 5.75 Å². The minimum absolute atomic E-state index is 0.0983. The lowest BCUT2D eigenvalue weighted by Crippen LogP contribution is -2.28. The third kappa shape index (κ3) is 3.78. The molecule has 0 radical (unpaired) electrons. The molecular weight excluding hydrogens is 382 g/mol. The van der Waals surface area contributed by atoms with E-state index in [1.54, 1.807) is 30.2 Å². The van der Waals surface area contributed by atoms with Crippen LogP contribution in [0, 0.1) is 5.92 Å². The van der Waals surface area contributed by atoms with Crippen LogP contribution in [0.3, 0.4) is 0 Å². The van der Waals surface area contributed by atoms with Crippen LogP contribution >= 0.6 is 0 Å². The number of methoxy groups -OCH3 is 1. The number of carbonyl (C=O) groups is 2. The number of carbonyl (C=O) groups excluding carboxylic acids is 2. The van der Waals surface area contributed by atoms with E-state index in [9.17, 15) is 14.4 Å². The molecule has 30 heavy (non-hydrogen) atoms. The fourth-order valence-electron chi connectivity index (χ4n) is 3.86. The number of hydrogen-bond donors (Lipinski definition) is 2. The summed E-state index contributed by atoms with van der Waals surface area (Å²) in [6.45, 7) is 2.30. The molecule has 0 bridgehead atoms. The topological polar surface area (TPSA) is 91.5 Å². The van der Waals surface area contributed by atoms with Crippen molar-refractivity contribution in [3.63, 3.8) is 0 Å². The van der Waals surface area contributed by atoms with Crippen molar-refractivity contribution in [2.45, 2.75) is 19.8 Å². The van der Waals surface area contributed by atoms with Gasteiger partial charge >= 0.3 is 0 Å². The van der Waals surface area contributed by atoms with Crippen LogP contribution in [0.1, 0.15) is 18.9 Å². The van der Waals surface area contributed by atoms with Crippen LogP contribution in [0.5, 0.6) is 5.75 Å². The van der Waals surface area contributed by atoms with Crippen LogP contribution in [0.2, 0.25) is 0 Å². The molecular formula is C23H23N3O4. The Balaban J connectivity index is 1.51. The summed E-state index contributed by atoms with van der Waals surface area (Å²) in [5, 5.41) is 3.84. The third-order valence-corrected chi connectivity index (χ3v) is 5.44. The molecule has 2 aromatic carbocycles. The molecule has 2 N–H and O–H groups in total. The van der Waals surface area contributed by atoms with Gasteiger partial charge in [-0.25, -0.2) is 0 Å². The van der Waals surface area contributed by atoms with Crippen molar-refractivity contribution < 1.29 is 14.3 Å². The Morgan fingerprint density at radius 2 is 2.03 bits per heavy atom. The van der Waals surface area contributed by atoms with Crippen LogP contribution in [0.25, 0.3) is 10.9 Å². The molecule has 1 saturated heterocycles. The molecule has 0 aliphatic carbocycles. The average molecular weight is 405 g/mol. The minimum atomic E-state index is -0.458. The first-order valence-electron chi connectivity index (χ1n) is 9.89. The van der Waals surface area contributed by atoms with Crippen molar-refractivity contribution in [1.82, 2.24) is 4.98 Å². The van der Waals surface area contributed by atoms with E-state index in [0.717, 1.165) is 17.4 Å². The number of aromatic amines is 1. The SMILES string of the molecule is CCc1cc(=O)[nH]c2cc(NC(=O)C3CC(=O)N(c4cccc(OC)c4)C3)ccc12. The van der Waals surface area contributed by atoms with Gasteiger partial charge in [0.25, 0.3) is 0 Å². The molecule has 0 saturated carbocycles. The number of pyridine rings is 1. The van der Waals surface area contributed by atoms with Crippen molar-refractivity contribution in [1.29, 1.82) is 0 Å². The predicted octanol–water partition coefficient (Wildman–Crippen LogP) is 3.09. The Kier molecular flexibility index (Phi) is 5.27. The molecule has 4 rings (SSSR count). The molecule has 1 fully saturated rings. The Bertz CT molecular complexity index is 1180. The average Bonchev–Trinajstić information content (AvgIpc) is 3.14. The van der Waals surface area contributed by atoms with Gasteiger partial charge in [-0.3, -0.25) is 14.4 Å². The summed E-state index contributed by atoms with van der Waals surface area (Å²) in [4.78, 5) is 41.6. The summed E-state index contributed by atoms with van der Waals surface area (Å²) in [6.07, 6.45) is 0.893. The molecule has 3 aromatic rings. The number of fused-ring (bicyclic) bond motifs is 1. The van der Waals surface area contributed by atoms with Crippen molar-refractivity contribution in [3.05, 3.63) is 64.4 Å². The molecule has 1 aromatic heterocycles. The molecule has 1 atom stereocenters. The van der Waals surface area contributed by atoms with E-state index in [-0.39, 0.29) is 23.8 Å². The van der Waals surface area contributed by atoms with Gasteiger partial charge in [-0.1, -0.05) is 19.1 Å². The summed E-state index contributed by atoms with van der Waals surface area (Å²) in [5.74, 6) is -0.119. The number of rotatable bonds is 5. The summed E-state index contributed by atoms with van der Waals surface area (Å²) in [7, 11) is 1.57. The van der Waals surface area contributed by atoms with Gasteiger partial charge in [-0.05, 0) is 36.2 Å². The second kappa shape index (κ2) is 8.02. The first-order valence-corrected chi connectivity index (χ1v) is 9.89. The number of amides is 2. The molecule has 154 valence electrons. The second-order valence-corrected chi connectivity index (χ2v) is 7.37. The van der Waals surface area contributed by atoms with E-state index in [1.165, 1.54) is 0 Å². The zero-order valence-corrected chi connectivity index (χ0v) is 16.9. The maximum Gasteiger partial charge on any atom is 0.248 e. The van der Waals surface area contributed by atoms with E-state index in [0.29, 0.717) is 29.2 Å². The van der Waals surface area contributed by atoms with Crippen LogP contribution in [0.4, 0.5) is 11.4 Å². The van der Waals surface area contributed by atoms with Gasteiger partial charge in [0.05, 0.1) is 18.5 Å². The number of anilines is 2. The zero-order chi connectivity index (χ0) is 21.3. The number of aryl methyl sites for hydroxylation is 1. The van der Waals surface area contributed by atoms with Gasteiger partial charge in [0, 0.05) is 41.9 Å². The van der Waals surface area contributed by atoms with Crippen molar-refractivity contribution in [2.24, 2.45) is 5.92 Å². The summed E-state index contributed by atoms with van der Waals surface area (Å²) >= 11 is 0. The van der Waals surface area contributed by atoms with Gasteiger partial charge < -0.3 is 19.9 Å². The Labute approximate surface area is 173 Å². The monoisotopic (exact) mass is 405 g/mol. The highest BCUT2D eigenvalue weighted by Crippen LogP contribution is 2.29. The Morgan fingerprint density at radius 1 is 1.20 bits per heavy atom. The highest BCUT2D eigenvalue weighted by Gasteiger charge is 2.35.